The number of carbonyl (C=O) groups excluding carboxylic acids is 1. The third-order valence-electron chi connectivity index (χ3n) is 5.46. The van der Waals surface area contributed by atoms with E-state index in [1.165, 1.54) is 0 Å². The lowest BCUT2D eigenvalue weighted by Crippen LogP contribution is -2.44. The fraction of sp³-hybridized carbons (Fsp3) is 0.364. The average molecular weight is 362 g/mol. The molecule has 1 aliphatic heterocycles. The van der Waals surface area contributed by atoms with Gasteiger partial charge in [-0.1, -0.05) is 30.3 Å². The Kier molecular flexibility index (Phi) is 5.21. The van der Waals surface area contributed by atoms with Crippen LogP contribution in [0.5, 0.6) is 0 Å². The molecule has 0 radical (unpaired) electrons. The Balaban J connectivity index is 1.53. The summed E-state index contributed by atoms with van der Waals surface area (Å²) in [6.45, 7) is 1.69. The molecule has 0 aliphatic carbocycles. The molecule has 1 saturated heterocycles. The second-order valence-corrected chi connectivity index (χ2v) is 7.13. The fourth-order valence-corrected chi connectivity index (χ4v) is 3.90. The van der Waals surface area contributed by atoms with Crippen molar-refractivity contribution in [2.24, 2.45) is 0 Å². The molecule has 2 heterocycles. The highest BCUT2D eigenvalue weighted by Gasteiger charge is 2.22. The van der Waals surface area contributed by atoms with Crippen LogP contribution >= 0.6 is 0 Å². The van der Waals surface area contributed by atoms with Gasteiger partial charge in [0.2, 0.25) is 5.91 Å². The van der Waals surface area contributed by atoms with Gasteiger partial charge in [-0.25, -0.2) is 4.98 Å². The van der Waals surface area contributed by atoms with E-state index in [9.17, 15) is 4.79 Å². The zero-order chi connectivity index (χ0) is 18.6. The van der Waals surface area contributed by atoms with Crippen molar-refractivity contribution >= 4 is 16.9 Å². The molecule has 4 rings (SSSR count). The number of aromatic nitrogens is 2. The molecule has 0 spiro atoms. The number of imidazole rings is 1. The van der Waals surface area contributed by atoms with E-state index in [1.54, 1.807) is 0 Å². The van der Waals surface area contributed by atoms with Crippen LogP contribution in [-0.4, -0.2) is 46.5 Å². The maximum absolute atomic E-state index is 12.7. The first kappa shape index (κ1) is 17.7. The highest BCUT2D eigenvalue weighted by molar-refractivity contribution is 5.79. The van der Waals surface area contributed by atoms with E-state index < -0.39 is 0 Å². The number of para-hydroxylation sites is 3. The van der Waals surface area contributed by atoms with Crippen LogP contribution in [-0.2, 0) is 11.2 Å². The minimum atomic E-state index is 0.233. The Morgan fingerprint density at radius 2 is 1.78 bits per heavy atom. The molecule has 27 heavy (non-hydrogen) atoms. The number of carbonyl (C=O) groups is 1. The number of hydrogen-bond donors (Lipinski definition) is 1. The Morgan fingerprint density at radius 1 is 1.07 bits per heavy atom. The number of amides is 1. The summed E-state index contributed by atoms with van der Waals surface area (Å²) in [5.74, 6) is 1.18. The predicted molar refractivity (Wildman–Crippen MR) is 108 cm³/mol. The Labute approximate surface area is 160 Å². The van der Waals surface area contributed by atoms with Crippen molar-refractivity contribution < 1.29 is 4.79 Å². The van der Waals surface area contributed by atoms with E-state index >= 15 is 0 Å². The second kappa shape index (κ2) is 7.92. The monoisotopic (exact) mass is 362 g/mol. The van der Waals surface area contributed by atoms with Gasteiger partial charge in [-0.2, -0.15) is 0 Å². The van der Waals surface area contributed by atoms with Gasteiger partial charge >= 0.3 is 0 Å². The third kappa shape index (κ3) is 3.74. The second-order valence-electron chi connectivity index (χ2n) is 7.13. The summed E-state index contributed by atoms with van der Waals surface area (Å²) < 4.78 is 2.18. The SMILES string of the molecule is CNC1CCN(C(=O)CCc2nc3ccccc3n2-c2ccccc2)CC1. The zero-order valence-electron chi connectivity index (χ0n) is 15.8. The van der Waals surface area contributed by atoms with Crippen LogP contribution in [0.2, 0.25) is 0 Å². The molecule has 1 aliphatic rings. The number of fused-ring (bicyclic) bond motifs is 1. The van der Waals surface area contributed by atoms with E-state index in [0.717, 1.165) is 48.5 Å². The predicted octanol–water partition coefficient (Wildman–Crippen LogP) is 3.17. The summed E-state index contributed by atoms with van der Waals surface area (Å²) in [7, 11) is 2.00. The molecule has 1 amide bonds. The van der Waals surface area contributed by atoms with Crippen molar-refractivity contribution in [1.82, 2.24) is 19.8 Å². The van der Waals surface area contributed by atoms with Gasteiger partial charge in [-0.15, -0.1) is 0 Å². The first-order valence-corrected chi connectivity index (χ1v) is 9.73. The molecule has 0 unspecified atom stereocenters. The standard InChI is InChI=1S/C22H26N4O/c1-23-17-13-15-25(16-14-17)22(27)12-11-21-24-19-9-5-6-10-20(19)26(21)18-7-3-2-4-8-18/h2-10,17,23H,11-16H2,1H3. The van der Waals surface area contributed by atoms with Crippen molar-refractivity contribution in [1.29, 1.82) is 0 Å². The third-order valence-corrected chi connectivity index (χ3v) is 5.46. The molecule has 5 heteroatoms. The van der Waals surface area contributed by atoms with E-state index in [2.05, 4.69) is 28.1 Å². The first-order chi connectivity index (χ1) is 13.3. The Morgan fingerprint density at radius 3 is 2.52 bits per heavy atom. The summed E-state index contributed by atoms with van der Waals surface area (Å²) >= 11 is 0. The van der Waals surface area contributed by atoms with Crippen molar-refractivity contribution in [2.75, 3.05) is 20.1 Å². The van der Waals surface area contributed by atoms with Gasteiger partial charge in [-0.05, 0) is 44.2 Å². The fourth-order valence-electron chi connectivity index (χ4n) is 3.90. The number of nitrogens with one attached hydrogen (secondary N) is 1. The Hall–Kier alpha value is -2.66. The molecular formula is C22H26N4O. The largest absolute Gasteiger partial charge is 0.343 e. The lowest BCUT2D eigenvalue weighted by Gasteiger charge is -2.31. The van der Waals surface area contributed by atoms with E-state index in [-0.39, 0.29) is 5.91 Å². The van der Waals surface area contributed by atoms with Crippen LogP contribution in [0.15, 0.2) is 54.6 Å². The number of aryl methyl sites for hydroxylation is 1. The molecule has 0 bridgehead atoms. The lowest BCUT2D eigenvalue weighted by molar-refractivity contribution is -0.132. The van der Waals surface area contributed by atoms with E-state index in [4.69, 9.17) is 4.98 Å². The molecule has 3 aromatic rings. The molecule has 5 nitrogen and oxygen atoms in total. The van der Waals surface area contributed by atoms with Gasteiger partial charge in [0, 0.05) is 37.7 Å². The van der Waals surface area contributed by atoms with Crippen molar-refractivity contribution in [3.8, 4) is 5.69 Å². The minimum absolute atomic E-state index is 0.233. The first-order valence-electron chi connectivity index (χ1n) is 9.73. The van der Waals surface area contributed by atoms with Crippen LogP contribution in [0.1, 0.15) is 25.1 Å². The number of hydrogen-bond acceptors (Lipinski definition) is 3. The molecule has 140 valence electrons. The molecule has 0 saturated carbocycles. The summed E-state index contributed by atoms with van der Waals surface area (Å²) in [6.07, 6.45) is 3.21. The minimum Gasteiger partial charge on any atom is -0.343 e. The Bertz CT molecular complexity index is 910. The average Bonchev–Trinajstić information content (AvgIpc) is 3.11. The number of rotatable bonds is 5. The maximum atomic E-state index is 12.7. The smallest absolute Gasteiger partial charge is 0.223 e. The van der Waals surface area contributed by atoms with Gasteiger partial charge in [0.05, 0.1) is 11.0 Å². The van der Waals surface area contributed by atoms with Crippen molar-refractivity contribution in [2.45, 2.75) is 31.7 Å². The lowest BCUT2D eigenvalue weighted by atomic mass is 10.0. The highest BCUT2D eigenvalue weighted by atomic mass is 16.2. The molecule has 0 atom stereocenters. The number of benzene rings is 2. The quantitative estimate of drug-likeness (QED) is 0.758. The van der Waals surface area contributed by atoms with E-state index in [1.807, 2.05) is 48.3 Å². The van der Waals surface area contributed by atoms with Gasteiger partial charge in [0.1, 0.15) is 5.82 Å². The number of piperidine rings is 1. The van der Waals surface area contributed by atoms with Gasteiger partial charge < -0.3 is 10.2 Å². The summed E-state index contributed by atoms with van der Waals surface area (Å²) in [5.41, 5.74) is 3.14. The number of nitrogens with zero attached hydrogens (tertiary/aromatic N) is 3. The summed E-state index contributed by atoms with van der Waals surface area (Å²) in [6, 6.07) is 18.9. The van der Waals surface area contributed by atoms with Crippen LogP contribution < -0.4 is 5.32 Å². The summed E-state index contributed by atoms with van der Waals surface area (Å²) in [4.78, 5) is 19.5. The molecular weight excluding hydrogens is 336 g/mol. The van der Waals surface area contributed by atoms with Crippen LogP contribution in [0.3, 0.4) is 0 Å². The number of likely N-dealkylation sites (tertiary alicyclic amines) is 1. The van der Waals surface area contributed by atoms with Crippen LogP contribution in [0, 0.1) is 0 Å². The van der Waals surface area contributed by atoms with Crippen molar-refractivity contribution in [3.63, 3.8) is 0 Å². The maximum Gasteiger partial charge on any atom is 0.223 e. The molecule has 2 aromatic carbocycles. The van der Waals surface area contributed by atoms with Crippen molar-refractivity contribution in [3.05, 3.63) is 60.4 Å². The summed E-state index contributed by atoms with van der Waals surface area (Å²) in [5, 5.41) is 3.31. The van der Waals surface area contributed by atoms with Crippen LogP contribution in [0.4, 0.5) is 0 Å². The molecule has 1 N–H and O–H groups in total. The highest BCUT2D eigenvalue weighted by Crippen LogP contribution is 2.22. The van der Waals surface area contributed by atoms with Gasteiger partial charge in [-0.3, -0.25) is 9.36 Å². The zero-order valence-corrected chi connectivity index (χ0v) is 15.8. The van der Waals surface area contributed by atoms with Crippen LogP contribution in [0.25, 0.3) is 16.7 Å². The van der Waals surface area contributed by atoms with Gasteiger partial charge in [0.25, 0.3) is 0 Å². The van der Waals surface area contributed by atoms with E-state index in [0.29, 0.717) is 18.9 Å². The molecule has 1 fully saturated rings. The normalized spacial score (nSPS) is 15.4. The molecule has 1 aromatic heterocycles. The topological polar surface area (TPSA) is 50.2 Å². The van der Waals surface area contributed by atoms with Gasteiger partial charge in [0.15, 0.2) is 0 Å².